The van der Waals surface area contributed by atoms with Crippen molar-refractivity contribution in [2.75, 3.05) is 32.8 Å². The van der Waals surface area contributed by atoms with Crippen molar-refractivity contribution in [1.29, 1.82) is 0 Å². The number of aromatic nitrogens is 1. The summed E-state index contributed by atoms with van der Waals surface area (Å²) in [5.41, 5.74) is 2.19. The molecule has 1 saturated heterocycles. The molecule has 8 heteroatoms. The van der Waals surface area contributed by atoms with E-state index < -0.39 is 5.97 Å². The Morgan fingerprint density at radius 2 is 1.77 bits per heavy atom. The quantitative estimate of drug-likeness (QED) is 0.537. The zero-order valence-corrected chi connectivity index (χ0v) is 17.6. The molecule has 0 unspecified atom stereocenters. The number of hydrogen-bond acceptors (Lipinski definition) is 5. The van der Waals surface area contributed by atoms with Crippen LogP contribution in [-0.2, 0) is 11.3 Å². The Balaban J connectivity index is 1.80. The Bertz CT molecular complexity index is 950. The van der Waals surface area contributed by atoms with E-state index in [1.165, 1.54) is 6.26 Å². The van der Waals surface area contributed by atoms with Crippen LogP contribution in [-0.4, -0.2) is 64.9 Å². The lowest BCUT2D eigenvalue weighted by Crippen LogP contribution is -2.50. The molecule has 0 aliphatic carbocycles. The molecule has 2 aromatic rings. The van der Waals surface area contributed by atoms with E-state index in [4.69, 9.17) is 9.15 Å². The Morgan fingerprint density at radius 1 is 1.13 bits per heavy atom. The van der Waals surface area contributed by atoms with Crippen molar-refractivity contribution >= 4 is 17.8 Å². The monoisotopic (exact) mass is 413 g/mol. The van der Waals surface area contributed by atoms with Crippen LogP contribution in [0.4, 0.5) is 0 Å². The van der Waals surface area contributed by atoms with Gasteiger partial charge < -0.3 is 23.5 Å². The minimum Gasteiger partial charge on any atom is -0.461 e. The number of allylic oxidation sites excluding steroid dienone is 1. The van der Waals surface area contributed by atoms with Crippen LogP contribution < -0.4 is 0 Å². The first-order chi connectivity index (χ1) is 14.4. The first-order valence-corrected chi connectivity index (χ1v) is 10.00. The number of hydrogen-bond donors (Lipinski definition) is 0. The highest BCUT2D eigenvalue weighted by molar-refractivity contribution is 6.01. The first-order valence-electron chi connectivity index (χ1n) is 10.00. The average molecular weight is 413 g/mol. The Hall–Kier alpha value is -3.29. The van der Waals surface area contributed by atoms with Crippen LogP contribution in [0.15, 0.2) is 35.5 Å². The molecule has 1 aliphatic heterocycles. The summed E-state index contributed by atoms with van der Waals surface area (Å²) in [5.74, 6) is -0.487. The van der Waals surface area contributed by atoms with E-state index in [2.05, 4.69) is 6.58 Å². The third-order valence-electron chi connectivity index (χ3n) is 5.35. The summed E-state index contributed by atoms with van der Waals surface area (Å²) in [6, 6.07) is 3.30. The molecule has 0 N–H and O–H groups in total. The topological polar surface area (TPSA) is 85.0 Å². The van der Waals surface area contributed by atoms with Gasteiger partial charge in [-0.25, -0.2) is 4.79 Å². The van der Waals surface area contributed by atoms with Crippen molar-refractivity contribution in [3.8, 4) is 0 Å². The molecule has 160 valence electrons. The van der Waals surface area contributed by atoms with E-state index >= 15 is 0 Å². The number of nitrogens with zero attached hydrogens (tertiary/aromatic N) is 3. The van der Waals surface area contributed by atoms with Gasteiger partial charge in [0.1, 0.15) is 5.69 Å². The van der Waals surface area contributed by atoms with E-state index in [0.717, 1.165) is 0 Å². The summed E-state index contributed by atoms with van der Waals surface area (Å²) in [7, 11) is 0. The molecule has 1 fully saturated rings. The van der Waals surface area contributed by atoms with Gasteiger partial charge in [-0.15, -0.1) is 6.58 Å². The third kappa shape index (κ3) is 3.90. The summed E-state index contributed by atoms with van der Waals surface area (Å²) < 4.78 is 12.1. The highest BCUT2D eigenvalue weighted by atomic mass is 16.5. The molecule has 0 radical (unpaired) electrons. The number of rotatable bonds is 6. The lowest BCUT2D eigenvalue weighted by molar-refractivity contribution is 0.0511. The summed E-state index contributed by atoms with van der Waals surface area (Å²) >= 11 is 0. The van der Waals surface area contributed by atoms with Crippen LogP contribution in [0.3, 0.4) is 0 Å². The van der Waals surface area contributed by atoms with E-state index in [0.29, 0.717) is 61.0 Å². The van der Waals surface area contributed by atoms with Crippen molar-refractivity contribution in [2.24, 2.45) is 0 Å². The lowest BCUT2D eigenvalue weighted by Gasteiger charge is -2.34. The molecule has 2 aromatic heterocycles. The number of carbonyl (C=O) groups excluding carboxylic acids is 3. The smallest absolute Gasteiger partial charge is 0.355 e. The van der Waals surface area contributed by atoms with Gasteiger partial charge in [-0.05, 0) is 38.5 Å². The predicted octanol–water partition coefficient (Wildman–Crippen LogP) is 2.66. The van der Waals surface area contributed by atoms with Crippen molar-refractivity contribution in [3.05, 3.63) is 59.3 Å². The van der Waals surface area contributed by atoms with E-state index in [1.807, 2.05) is 6.92 Å². The van der Waals surface area contributed by atoms with Gasteiger partial charge in [0.15, 0.2) is 5.76 Å². The molecule has 0 saturated carbocycles. The molecule has 8 nitrogen and oxygen atoms in total. The number of furan rings is 1. The van der Waals surface area contributed by atoms with Gasteiger partial charge in [0.2, 0.25) is 0 Å². The molecule has 0 aromatic carbocycles. The van der Waals surface area contributed by atoms with Gasteiger partial charge in [-0.2, -0.15) is 0 Å². The molecule has 1 aliphatic rings. The van der Waals surface area contributed by atoms with Crippen LogP contribution >= 0.6 is 0 Å². The van der Waals surface area contributed by atoms with Crippen molar-refractivity contribution in [2.45, 2.75) is 27.3 Å². The van der Waals surface area contributed by atoms with Crippen molar-refractivity contribution < 1.29 is 23.5 Å². The Morgan fingerprint density at radius 3 is 2.30 bits per heavy atom. The molecule has 0 spiro atoms. The minimum absolute atomic E-state index is 0.150. The van der Waals surface area contributed by atoms with Crippen LogP contribution in [0.5, 0.6) is 0 Å². The zero-order chi connectivity index (χ0) is 21.8. The van der Waals surface area contributed by atoms with Crippen LogP contribution in [0.2, 0.25) is 0 Å². The zero-order valence-electron chi connectivity index (χ0n) is 17.6. The number of ether oxygens (including phenoxy) is 1. The predicted molar refractivity (Wildman–Crippen MR) is 111 cm³/mol. The maximum atomic E-state index is 13.3. The third-order valence-corrected chi connectivity index (χ3v) is 5.35. The minimum atomic E-state index is -0.451. The van der Waals surface area contributed by atoms with Gasteiger partial charge in [-0.1, -0.05) is 6.08 Å². The summed E-state index contributed by atoms with van der Waals surface area (Å²) in [6.45, 7) is 11.4. The average Bonchev–Trinajstić information content (AvgIpc) is 3.35. The molecule has 30 heavy (non-hydrogen) atoms. The van der Waals surface area contributed by atoms with Crippen molar-refractivity contribution in [1.82, 2.24) is 14.4 Å². The second kappa shape index (κ2) is 9.02. The molecular weight excluding hydrogens is 386 g/mol. The fourth-order valence-corrected chi connectivity index (χ4v) is 3.86. The molecule has 3 rings (SSSR count). The van der Waals surface area contributed by atoms with Gasteiger partial charge in [-0.3, -0.25) is 9.59 Å². The van der Waals surface area contributed by atoms with Crippen LogP contribution in [0.25, 0.3) is 0 Å². The normalized spacial score (nSPS) is 14.0. The van der Waals surface area contributed by atoms with Crippen LogP contribution in [0.1, 0.15) is 49.6 Å². The SMILES string of the molecule is C=CCn1c(C)c(C(=O)N2CCN(C(=O)c3ccco3)CC2)c(C)c1C(=O)OCC. The highest BCUT2D eigenvalue weighted by Crippen LogP contribution is 2.25. The fraction of sp³-hybridized carbons (Fsp3) is 0.409. The van der Waals surface area contributed by atoms with Gasteiger partial charge >= 0.3 is 5.97 Å². The van der Waals surface area contributed by atoms with E-state index in [-0.39, 0.29) is 18.4 Å². The highest BCUT2D eigenvalue weighted by Gasteiger charge is 2.32. The van der Waals surface area contributed by atoms with Crippen LogP contribution in [0, 0.1) is 13.8 Å². The molecule has 0 bridgehead atoms. The number of carbonyl (C=O) groups is 3. The van der Waals surface area contributed by atoms with Gasteiger partial charge in [0.05, 0.1) is 18.4 Å². The largest absolute Gasteiger partial charge is 0.461 e. The lowest BCUT2D eigenvalue weighted by atomic mass is 10.1. The Labute approximate surface area is 175 Å². The van der Waals surface area contributed by atoms with E-state index in [1.54, 1.807) is 46.4 Å². The molecule has 3 heterocycles. The first kappa shape index (κ1) is 21.4. The maximum absolute atomic E-state index is 13.3. The molecular formula is C22H27N3O5. The maximum Gasteiger partial charge on any atom is 0.355 e. The molecule has 0 atom stereocenters. The van der Waals surface area contributed by atoms with E-state index in [9.17, 15) is 14.4 Å². The molecule has 2 amide bonds. The standard InChI is InChI=1S/C22H27N3O5/c1-5-9-25-16(4)18(15(3)19(25)22(28)29-6-2)21(27)24-12-10-23(11-13-24)20(26)17-8-7-14-30-17/h5,7-8,14H,1,6,9-13H2,2-4H3. The van der Waals surface area contributed by atoms with Gasteiger partial charge in [0.25, 0.3) is 11.8 Å². The Kier molecular flexibility index (Phi) is 6.44. The number of esters is 1. The van der Waals surface area contributed by atoms with Crippen molar-refractivity contribution in [3.63, 3.8) is 0 Å². The fourth-order valence-electron chi connectivity index (χ4n) is 3.86. The second-order valence-corrected chi connectivity index (χ2v) is 7.12. The summed E-state index contributed by atoms with van der Waals surface area (Å²) in [6.07, 6.45) is 3.15. The summed E-state index contributed by atoms with van der Waals surface area (Å²) in [4.78, 5) is 41.6. The summed E-state index contributed by atoms with van der Waals surface area (Å²) in [5, 5.41) is 0. The second-order valence-electron chi connectivity index (χ2n) is 7.12. The number of amides is 2. The number of piperazine rings is 1. The van der Waals surface area contributed by atoms with Gasteiger partial charge in [0, 0.05) is 38.4 Å².